The van der Waals surface area contributed by atoms with Gasteiger partial charge in [0.05, 0.1) is 24.8 Å². The Morgan fingerprint density at radius 1 is 1.21 bits per heavy atom. The van der Waals surface area contributed by atoms with Crippen LogP contribution in [0.4, 0.5) is 4.79 Å². The van der Waals surface area contributed by atoms with Crippen LogP contribution in [0.1, 0.15) is 38.3 Å². The van der Waals surface area contributed by atoms with Crippen molar-refractivity contribution in [2.24, 2.45) is 11.3 Å². The van der Waals surface area contributed by atoms with Crippen molar-refractivity contribution in [3.63, 3.8) is 0 Å². The maximum atomic E-state index is 12.9. The molecule has 2 atom stereocenters. The van der Waals surface area contributed by atoms with E-state index in [9.17, 15) is 4.79 Å². The number of halogens is 1. The van der Waals surface area contributed by atoms with Gasteiger partial charge in [-0.05, 0) is 55.6 Å². The molecule has 3 fully saturated rings. The average molecular weight is 471 g/mol. The number of alkyl carbamates (subject to hydrolysis) is 1. The van der Waals surface area contributed by atoms with Crippen LogP contribution in [0, 0.1) is 11.3 Å². The lowest BCUT2D eigenvalue weighted by atomic mass is 9.78. The lowest BCUT2D eigenvalue weighted by Crippen LogP contribution is -2.53. The first kappa shape index (κ1) is 22.4. The Kier molecular flexibility index (Phi) is 5.91. The van der Waals surface area contributed by atoms with Gasteiger partial charge in [0.1, 0.15) is 17.6 Å². The lowest BCUT2D eigenvalue weighted by Gasteiger charge is -2.44. The van der Waals surface area contributed by atoms with E-state index in [1.807, 2.05) is 36.4 Å². The van der Waals surface area contributed by atoms with Gasteiger partial charge in [-0.15, -0.1) is 0 Å². The minimum absolute atomic E-state index is 0.0232. The second kappa shape index (κ2) is 8.73. The number of methoxy groups -OCH3 is 1. The summed E-state index contributed by atoms with van der Waals surface area (Å²) in [6.07, 6.45) is 1.84. The fourth-order valence-corrected chi connectivity index (χ4v) is 5.66. The molecule has 2 aromatic rings. The second-order valence-corrected chi connectivity index (χ2v) is 10.4. The topological polar surface area (TPSA) is 60.0 Å². The third kappa shape index (κ3) is 4.26. The molecule has 1 amide bonds. The number of piperidine rings is 3. The summed E-state index contributed by atoms with van der Waals surface area (Å²) in [6, 6.07) is 11.4. The van der Waals surface area contributed by atoms with Gasteiger partial charge in [-0.25, -0.2) is 4.79 Å². The predicted octanol–water partition coefficient (Wildman–Crippen LogP) is 5.30. The van der Waals surface area contributed by atoms with E-state index < -0.39 is 0 Å². The largest absolute Gasteiger partial charge is 0.496 e. The molecule has 7 heteroatoms. The number of benzene rings is 2. The van der Waals surface area contributed by atoms with Crippen molar-refractivity contribution in [3.8, 4) is 22.6 Å². The third-order valence-electron chi connectivity index (χ3n) is 7.31. The van der Waals surface area contributed by atoms with Gasteiger partial charge in [0.25, 0.3) is 0 Å². The van der Waals surface area contributed by atoms with Crippen LogP contribution in [-0.4, -0.2) is 50.4 Å². The van der Waals surface area contributed by atoms with Crippen molar-refractivity contribution in [3.05, 3.63) is 47.0 Å². The molecular formula is C26H31ClN2O4. The summed E-state index contributed by atoms with van der Waals surface area (Å²) in [5.74, 6) is 1.92. The molecule has 0 saturated carbocycles. The first-order valence-electron chi connectivity index (χ1n) is 11.6. The van der Waals surface area contributed by atoms with Gasteiger partial charge in [0, 0.05) is 23.1 Å². The molecule has 4 aliphatic rings. The summed E-state index contributed by atoms with van der Waals surface area (Å²) in [5.41, 5.74) is 2.38. The monoisotopic (exact) mass is 470 g/mol. The van der Waals surface area contributed by atoms with Gasteiger partial charge < -0.3 is 19.5 Å². The summed E-state index contributed by atoms with van der Waals surface area (Å²) >= 11 is 6.49. The highest BCUT2D eigenvalue weighted by Crippen LogP contribution is 2.46. The molecule has 3 saturated heterocycles. The SMILES string of the molecule is COc1cccc(Cl)c1-c1ccc2c(c1)OCC(C)(C)C2NC(=O)O[C@H]1CN2CCC1CC2. The van der Waals surface area contributed by atoms with E-state index in [0.29, 0.717) is 23.3 Å². The van der Waals surface area contributed by atoms with E-state index in [4.69, 9.17) is 25.8 Å². The Hall–Kier alpha value is -2.44. The van der Waals surface area contributed by atoms with Crippen LogP contribution in [-0.2, 0) is 4.74 Å². The number of hydrogen-bond acceptors (Lipinski definition) is 5. The van der Waals surface area contributed by atoms with Gasteiger partial charge in [-0.1, -0.05) is 43.6 Å². The van der Waals surface area contributed by atoms with Gasteiger partial charge in [0.15, 0.2) is 0 Å². The maximum absolute atomic E-state index is 12.9. The highest BCUT2D eigenvalue weighted by molar-refractivity contribution is 6.33. The zero-order valence-electron chi connectivity index (χ0n) is 19.4. The minimum atomic E-state index is -0.350. The molecule has 1 N–H and O–H groups in total. The fraction of sp³-hybridized carbons (Fsp3) is 0.500. The Morgan fingerprint density at radius 2 is 2.00 bits per heavy atom. The molecule has 176 valence electrons. The van der Waals surface area contributed by atoms with Crippen LogP contribution in [0.2, 0.25) is 5.02 Å². The Bertz CT molecular complexity index is 1050. The highest BCUT2D eigenvalue weighted by atomic mass is 35.5. The van der Waals surface area contributed by atoms with Crippen LogP contribution in [0.15, 0.2) is 36.4 Å². The number of ether oxygens (including phenoxy) is 3. The standard InChI is InChI=1S/C26H31ClN2O4/c1-26(2)15-32-21-13-17(23-19(27)5-4-6-20(23)31-3)7-8-18(21)24(26)28-25(30)33-22-14-29-11-9-16(22)10-12-29/h4-8,13,16,22,24H,9-12,14-15H2,1-3H3,(H,28,30)/t22-,24?/m0/s1. The summed E-state index contributed by atoms with van der Waals surface area (Å²) in [5, 5.41) is 3.77. The summed E-state index contributed by atoms with van der Waals surface area (Å²) in [4.78, 5) is 15.3. The molecule has 1 unspecified atom stereocenters. The highest BCUT2D eigenvalue weighted by Gasteiger charge is 2.41. The molecule has 0 aliphatic carbocycles. The van der Waals surface area contributed by atoms with E-state index in [2.05, 4.69) is 24.1 Å². The number of carbonyl (C=O) groups is 1. The number of hydrogen-bond donors (Lipinski definition) is 1. The van der Waals surface area contributed by atoms with Crippen molar-refractivity contribution < 1.29 is 19.0 Å². The first-order chi connectivity index (χ1) is 15.9. The van der Waals surface area contributed by atoms with Crippen LogP contribution in [0.5, 0.6) is 11.5 Å². The normalized spacial score (nSPS) is 27.3. The van der Waals surface area contributed by atoms with E-state index in [-0.39, 0.29) is 23.7 Å². The van der Waals surface area contributed by atoms with Gasteiger partial charge in [-0.2, -0.15) is 0 Å². The number of carbonyl (C=O) groups excluding carboxylic acids is 1. The van der Waals surface area contributed by atoms with Crippen LogP contribution in [0.3, 0.4) is 0 Å². The van der Waals surface area contributed by atoms with E-state index in [1.54, 1.807) is 7.11 Å². The molecule has 6 nitrogen and oxygen atoms in total. The number of rotatable bonds is 4. The van der Waals surface area contributed by atoms with E-state index in [1.165, 1.54) is 0 Å². The zero-order valence-corrected chi connectivity index (χ0v) is 20.2. The molecule has 33 heavy (non-hydrogen) atoms. The zero-order chi connectivity index (χ0) is 23.2. The Balaban J connectivity index is 1.39. The van der Waals surface area contributed by atoms with Crippen molar-refractivity contribution in [2.75, 3.05) is 33.4 Å². The number of nitrogens with one attached hydrogen (secondary N) is 1. The van der Waals surface area contributed by atoms with Crippen molar-refractivity contribution in [1.82, 2.24) is 10.2 Å². The molecule has 0 spiro atoms. The number of amides is 1. The smallest absolute Gasteiger partial charge is 0.407 e. The van der Waals surface area contributed by atoms with E-state index in [0.717, 1.165) is 54.9 Å². The minimum Gasteiger partial charge on any atom is -0.496 e. The molecule has 0 aromatic heterocycles. The Morgan fingerprint density at radius 3 is 2.70 bits per heavy atom. The fourth-order valence-electron chi connectivity index (χ4n) is 5.38. The van der Waals surface area contributed by atoms with Crippen LogP contribution in [0.25, 0.3) is 11.1 Å². The molecule has 6 rings (SSSR count). The quantitative estimate of drug-likeness (QED) is 0.657. The summed E-state index contributed by atoms with van der Waals surface area (Å²) in [6.45, 7) is 7.75. The second-order valence-electron chi connectivity index (χ2n) is 10.0. The summed E-state index contributed by atoms with van der Waals surface area (Å²) in [7, 11) is 1.63. The van der Waals surface area contributed by atoms with Crippen molar-refractivity contribution >= 4 is 17.7 Å². The van der Waals surface area contributed by atoms with Crippen molar-refractivity contribution in [1.29, 1.82) is 0 Å². The number of nitrogens with zero attached hydrogens (tertiary/aromatic N) is 1. The molecule has 4 aliphatic heterocycles. The van der Waals surface area contributed by atoms with Crippen LogP contribution >= 0.6 is 11.6 Å². The third-order valence-corrected chi connectivity index (χ3v) is 7.62. The summed E-state index contributed by atoms with van der Waals surface area (Å²) < 4.78 is 17.6. The average Bonchev–Trinajstić information content (AvgIpc) is 2.81. The molecule has 4 heterocycles. The molecule has 2 aromatic carbocycles. The predicted molar refractivity (Wildman–Crippen MR) is 128 cm³/mol. The molecule has 0 radical (unpaired) electrons. The molecule has 2 bridgehead atoms. The Labute approximate surface area is 200 Å². The maximum Gasteiger partial charge on any atom is 0.407 e. The van der Waals surface area contributed by atoms with Gasteiger partial charge in [0.2, 0.25) is 0 Å². The first-order valence-corrected chi connectivity index (χ1v) is 12.0. The van der Waals surface area contributed by atoms with Gasteiger partial charge >= 0.3 is 6.09 Å². The number of fused-ring (bicyclic) bond motifs is 4. The van der Waals surface area contributed by atoms with Crippen LogP contribution < -0.4 is 14.8 Å². The molecular weight excluding hydrogens is 440 g/mol. The van der Waals surface area contributed by atoms with E-state index >= 15 is 0 Å². The lowest BCUT2D eigenvalue weighted by molar-refractivity contribution is -0.0361. The van der Waals surface area contributed by atoms with Gasteiger partial charge in [-0.3, -0.25) is 4.90 Å². The van der Waals surface area contributed by atoms with Crippen molar-refractivity contribution in [2.45, 2.75) is 38.8 Å².